The van der Waals surface area contributed by atoms with Gasteiger partial charge < -0.3 is 11.1 Å². The molecule has 0 spiro atoms. The number of nitrogens with two attached hydrogens (primary N) is 1. The van der Waals surface area contributed by atoms with E-state index in [-0.39, 0.29) is 5.91 Å². The van der Waals surface area contributed by atoms with Gasteiger partial charge in [-0.1, -0.05) is 29.8 Å². The van der Waals surface area contributed by atoms with Gasteiger partial charge in [0.1, 0.15) is 0 Å². The molecule has 1 amide bonds. The van der Waals surface area contributed by atoms with Crippen LogP contribution in [0, 0.1) is 12.8 Å². The summed E-state index contributed by atoms with van der Waals surface area (Å²) in [6.07, 6.45) is 2.15. The summed E-state index contributed by atoms with van der Waals surface area (Å²) in [5, 5.41) is 2.92. The molecule has 0 saturated heterocycles. The van der Waals surface area contributed by atoms with Crippen molar-refractivity contribution in [1.29, 1.82) is 0 Å². The smallest absolute Gasteiger partial charge is 0.240 e. The Labute approximate surface area is 102 Å². The largest absolute Gasteiger partial charge is 0.350 e. The van der Waals surface area contributed by atoms with Crippen LogP contribution in [0.5, 0.6) is 0 Å². The molecule has 17 heavy (non-hydrogen) atoms. The lowest BCUT2D eigenvalue weighted by Gasteiger charge is -2.23. The molecule has 3 N–H and O–H groups in total. The van der Waals surface area contributed by atoms with E-state index in [1.807, 2.05) is 32.0 Å². The minimum atomic E-state index is -0.705. The van der Waals surface area contributed by atoms with Gasteiger partial charge in [-0.05, 0) is 38.2 Å². The zero-order valence-corrected chi connectivity index (χ0v) is 10.5. The zero-order chi connectivity index (χ0) is 12.5. The van der Waals surface area contributed by atoms with Crippen LogP contribution < -0.4 is 11.1 Å². The van der Waals surface area contributed by atoms with E-state index >= 15 is 0 Å². The molecule has 1 atom stereocenters. The molecule has 0 bridgehead atoms. The molecule has 1 aromatic carbocycles. The molecule has 3 heteroatoms. The lowest BCUT2D eigenvalue weighted by Crippen LogP contribution is -2.53. The van der Waals surface area contributed by atoms with E-state index in [2.05, 4.69) is 11.4 Å². The van der Waals surface area contributed by atoms with Crippen molar-refractivity contribution in [2.75, 3.05) is 0 Å². The molecule has 0 radical (unpaired) electrons. The van der Waals surface area contributed by atoms with Crippen LogP contribution in [0.25, 0.3) is 0 Å². The zero-order valence-electron chi connectivity index (χ0n) is 10.5. The number of benzene rings is 1. The summed E-state index contributed by atoms with van der Waals surface area (Å²) in [4.78, 5) is 12.0. The standard InChI is InChI=1S/C14H20N2O/c1-10-4-3-5-11(8-10)9-16-13(17)14(2,15)12-6-7-12/h3-5,8,12H,6-7,9,15H2,1-2H3,(H,16,17). The summed E-state index contributed by atoms with van der Waals surface area (Å²) in [7, 11) is 0. The summed E-state index contributed by atoms with van der Waals surface area (Å²) in [6, 6.07) is 8.13. The minimum Gasteiger partial charge on any atom is -0.350 e. The van der Waals surface area contributed by atoms with E-state index in [4.69, 9.17) is 5.73 Å². The van der Waals surface area contributed by atoms with Gasteiger partial charge in [0.2, 0.25) is 5.91 Å². The molecule has 1 saturated carbocycles. The van der Waals surface area contributed by atoms with Gasteiger partial charge >= 0.3 is 0 Å². The number of nitrogens with one attached hydrogen (secondary N) is 1. The molecule has 0 aliphatic heterocycles. The summed E-state index contributed by atoms with van der Waals surface area (Å²) in [5.41, 5.74) is 7.66. The number of carbonyl (C=O) groups excluding carboxylic acids is 1. The van der Waals surface area contributed by atoms with Gasteiger partial charge in [-0.3, -0.25) is 4.79 Å². The first-order valence-corrected chi connectivity index (χ1v) is 6.13. The number of hydrogen-bond donors (Lipinski definition) is 2. The first-order chi connectivity index (χ1) is 8.00. The van der Waals surface area contributed by atoms with E-state index in [1.165, 1.54) is 5.56 Å². The van der Waals surface area contributed by atoms with E-state index in [1.54, 1.807) is 0 Å². The molecule has 1 aromatic rings. The maximum Gasteiger partial charge on any atom is 0.240 e. The van der Waals surface area contributed by atoms with E-state index < -0.39 is 5.54 Å². The normalized spacial score (nSPS) is 18.5. The molecule has 1 fully saturated rings. The van der Waals surface area contributed by atoms with E-state index in [0.29, 0.717) is 12.5 Å². The number of rotatable bonds is 4. The number of amides is 1. The fourth-order valence-electron chi connectivity index (χ4n) is 2.06. The van der Waals surface area contributed by atoms with Crippen LogP contribution in [0.3, 0.4) is 0 Å². The highest BCUT2D eigenvalue weighted by molar-refractivity contribution is 5.86. The van der Waals surface area contributed by atoms with Crippen LogP contribution in [0.4, 0.5) is 0 Å². The number of aryl methyl sites for hydroxylation is 1. The van der Waals surface area contributed by atoms with Crippen LogP contribution in [0.2, 0.25) is 0 Å². The first kappa shape index (κ1) is 12.1. The third-order valence-electron chi connectivity index (χ3n) is 3.45. The van der Waals surface area contributed by atoms with Gasteiger partial charge in [0.15, 0.2) is 0 Å². The van der Waals surface area contributed by atoms with E-state index in [9.17, 15) is 4.79 Å². The molecule has 3 nitrogen and oxygen atoms in total. The fourth-order valence-corrected chi connectivity index (χ4v) is 2.06. The molecule has 0 heterocycles. The quantitative estimate of drug-likeness (QED) is 0.830. The molecular formula is C14H20N2O. The summed E-state index contributed by atoms with van der Waals surface area (Å²) in [6.45, 7) is 4.43. The highest BCUT2D eigenvalue weighted by Crippen LogP contribution is 2.38. The predicted molar refractivity (Wildman–Crippen MR) is 68.3 cm³/mol. The lowest BCUT2D eigenvalue weighted by atomic mass is 9.96. The summed E-state index contributed by atoms with van der Waals surface area (Å²) in [5.74, 6) is 0.321. The Bertz CT molecular complexity index is 422. The molecular weight excluding hydrogens is 212 g/mol. The van der Waals surface area contributed by atoms with Crippen molar-refractivity contribution in [3.05, 3.63) is 35.4 Å². The van der Waals surface area contributed by atoms with Crippen molar-refractivity contribution in [2.45, 2.75) is 38.8 Å². The van der Waals surface area contributed by atoms with Gasteiger partial charge in [-0.2, -0.15) is 0 Å². The summed E-state index contributed by atoms with van der Waals surface area (Å²) < 4.78 is 0. The van der Waals surface area contributed by atoms with Gasteiger partial charge in [-0.15, -0.1) is 0 Å². The Morgan fingerprint density at radius 3 is 2.82 bits per heavy atom. The van der Waals surface area contributed by atoms with Crippen molar-refractivity contribution in [2.24, 2.45) is 11.7 Å². The fraction of sp³-hybridized carbons (Fsp3) is 0.500. The molecule has 1 unspecified atom stereocenters. The second kappa shape index (κ2) is 4.49. The topological polar surface area (TPSA) is 55.1 Å². The lowest BCUT2D eigenvalue weighted by molar-refractivity contribution is -0.126. The van der Waals surface area contributed by atoms with Crippen LogP contribution >= 0.6 is 0 Å². The third-order valence-corrected chi connectivity index (χ3v) is 3.45. The van der Waals surface area contributed by atoms with Gasteiger partial charge in [0.05, 0.1) is 5.54 Å². The SMILES string of the molecule is Cc1cccc(CNC(=O)C(C)(N)C2CC2)c1. The van der Waals surface area contributed by atoms with E-state index in [0.717, 1.165) is 18.4 Å². The van der Waals surface area contributed by atoms with Crippen LogP contribution in [-0.2, 0) is 11.3 Å². The van der Waals surface area contributed by atoms with Crippen LogP contribution in [0.15, 0.2) is 24.3 Å². The van der Waals surface area contributed by atoms with Crippen LogP contribution in [0.1, 0.15) is 30.9 Å². The third kappa shape index (κ3) is 2.86. The van der Waals surface area contributed by atoms with Crippen molar-refractivity contribution < 1.29 is 4.79 Å². The van der Waals surface area contributed by atoms with Crippen molar-refractivity contribution in [3.8, 4) is 0 Å². The number of carbonyl (C=O) groups is 1. The highest BCUT2D eigenvalue weighted by Gasteiger charge is 2.43. The van der Waals surface area contributed by atoms with Crippen molar-refractivity contribution in [3.63, 3.8) is 0 Å². The maximum absolute atomic E-state index is 12.0. The predicted octanol–water partition coefficient (Wildman–Crippen LogP) is 1.74. The highest BCUT2D eigenvalue weighted by atomic mass is 16.2. The van der Waals surface area contributed by atoms with Crippen molar-refractivity contribution in [1.82, 2.24) is 5.32 Å². The molecule has 1 aliphatic carbocycles. The first-order valence-electron chi connectivity index (χ1n) is 6.13. The average Bonchev–Trinajstić information content (AvgIpc) is 3.09. The average molecular weight is 232 g/mol. The molecule has 2 rings (SSSR count). The summed E-state index contributed by atoms with van der Waals surface area (Å²) >= 11 is 0. The Morgan fingerprint density at radius 2 is 2.24 bits per heavy atom. The monoisotopic (exact) mass is 232 g/mol. The maximum atomic E-state index is 12.0. The second-order valence-corrected chi connectivity index (χ2v) is 5.23. The number of hydrogen-bond acceptors (Lipinski definition) is 2. The Hall–Kier alpha value is -1.35. The van der Waals surface area contributed by atoms with Crippen LogP contribution in [-0.4, -0.2) is 11.4 Å². The van der Waals surface area contributed by atoms with Gasteiger partial charge in [0, 0.05) is 6.54 Å². The Kier molecular flexibility index (Phi) is 3.20. The minimum absolute atomic E-state index is 0.0403. The second-order valence-electron chi connectivity index (χ2n) is 5.23. The van der Waals surface area contributed by atoms with Crippen molar-refractivity contribution >= 4 is 5.91 Å². The van der Waals surface area contributed by atoms with Gasteiger partial charge in [-0.25, -0.2) is 0 Å². The Morgan fingerprint density at radius 1 is 1.53 bits per heavy atom. The van der Waals surface area contributed by atoms with Gasteiger partial charge in [0.25, 0.3) is 0 Å². The molecule has 1 aliphatic rings. The molecule has 0 aromatic heterocycles. The molecule has 92 valence electrons. The Balaban J connectivity index is 1.92.